The molecule has 2 aliphatic heterocycles. The molecule has 164 valence electrons. The molecule has 0 spiro atoms. The lowest BCUT2D eigenvalue weighted by Crippen LogP contribution is -2.40. The van der Waals surface area contributed by atoms with Gasteiger partial charge in [-0.3, -0.25) is 9.59 Å². The van der Waals surface area contributed by atoms with Crippen LogP contribution in [0.2, 0.25) is 0 Å². The lowest BCUT2D eigenvalue weighted by atomic mass is 9.86. The van der Waals surface area contributed by atoms with Gasteiger partial charge in [0.2, 0.25) is 5.91 Å². The Balaban J connectivity index is 1.22. The monoisotopic (exact) mass is 412 g/mol. The van der Waals surface area contributed by atoms with E-state index in [0.29, 0.717) is 44.0 Å². The molecule has 5 heteroatoms. The van der Waals surface area contributed by atoms with Crippen LogP contribution in [0.4, 0.5) is 0 Å². The number of hydrogen-bond acceptors (Lipinski definition) is 3. The van der Waals surface area contributed by atoms with E-state index in [-0.39, 0.29) is 5.91 Å². The molecule has 1 aromatic carbocycles. The molecule has 30 heavy (non-hydrogen) atoms. The average Bonchev–Trinajstić information content (AvgIpc) is 2.81. The highest BCUT2D eigenvalue weighted by Gasteiger charge is 2.26. The SMILES string of the molecule is O=C(CC1CCCCC1)N1CCC(Cc2ccc(C(=O)N3CCOCC3)cc2)CC1. The zero-order valence-corrected chi connectivity index (χ0v) is 18.2. The van der Waals surface area contributed by atoms with Crippen LogP contribution < -0.4 is 0 Å². The Hall–Kier alpha value is -1.88. The van der Waals surface area contributed by atoms with Crippen LogP contribution in [0.25, 0.3) is 0 Å². The smallest absolute Gasteiger partial charge is 0.254 e. The molecule has 2 saturated heterocycles. The third-order valence-corrected chi connectivity index (χ3v) is 7.18. The molecule has 3 aliphatic rings. The van der Waals surface area contributed by atoms with Crippen molar-refractivity contribution in [1.29, 1.82) is 0 Å². The lowest BCUT2D eigenvalue weighted by Gasteiger charge is -2.33. The number of carbonyl (C=O) groups excluding carboxylic acids is 2. The van der Waals surface area contributed by atoms with Crippen molar-refractivity contribution in [1.82, 2.24) is 9.80 Å². The molecule has 0 atom stereocenters. The normalized spacial score (nSPS) is 21.6. The second-order valence-electron chi connectivity index (χ2n) is 9.34. The number of amides is 2. The first-order valence-electron chi connectivity index (χ1n) is 11.9. The van der Waals surface area contributed by atoms with Gasteiger partial charge in [0.1, 0.15) is 0 Å². The second-order valence-corrected chi connectivity index (χ2v) is 9.34. The molecule has 1 saturated carbocycles. The first-order chi connectivity index (χ1) is 14.7. The molecule has 1 aromatic rings. The van der Waals surface area contributed by atoms with Gasteiger partial charge in [-0.05, 0) is 61.6 Å². The van der Waals surface area contributed by atoms with Gasteiger partial charge in [0, 0.05) is 38.2 Å². The molecule has 0 radical (unpaired) electrons. The van der Waals surface area contributed by atoms with E-state index in [9.17, 15) is 9.59 Å². The topological polar surface area (TPSA) is 49.9 Å². The number of morpholine rings is 1. The zero-order chi connectivity index (χ0) is 20.8. The summed E-state index contributed by atoms with van der Waals surface area (Å²) in [6.45, 7) is 4.43. The average molecular weight is 413 g/mol. The predicted molar refractivity (Wildman–Crippen MR) is 117 cm³/mol. The van der Waals surface area contributed by atoms with Crippen molar-refractivity contribution in [3.8, 4) is 0 Å². The van der Waals surface area contributed by atoms with E-state index in [4.69, 9.17) is 4.74 Å². The largest absolute Gasteiger partial charge is 0.378 e. The molecular formula is C25H36N2O3. The molecule has 0 bridgehead atoms. The maximum Gasteiger partial charge on any atom is 0.254 e. The number of nitrogens with zero attached hydrogens (tertiary/aromatic N) is 2. The Morgan fingerprint density at radius 3 is 2.13 bits per heavy atom. The zero-order valence-electron chi connectivity index (χ0n) is 18.2. The molecule has 3 fully saturated rings. The fourth-order valence-electron chi connectivity index (χ4n) is 5.22. The molecule has 1 aliphatic carbocycles. The van der Waals surface area contributed by atoms with Gasteiger partial charge in [0.25, 0.3) is 5.91 Å². The molecule has 4 rings (SSSR count). The first kappa shape index (κ1) is 21.4. The van der Waals surface area contributed by atoms with E-state index in [1.54, 1.807) is 0 Å². The van der Waals surface area contributed by atoms with Crippen LogP contribution >= 0.6 is 0 Å². The minimum absolute atomic E-state index is 0.106. The van der Waals surface area contributed by atoms with Crippen molar-refractivity contribution in [2.75, 3.05) is 39.4 Å². The van der Waals surface area contributed by atoms with E-state index < -0.39 is 0 Å². The van der Waals surface area contributed by atoms with Gasteiger partial charge in [0.15, 0.2) is 0 Å². The van der Waals surface area contributed by atoms with Crippen molar-refractivity contribution in [3.63, 3.8) is 0 Å². The summed E-state index contributed by atoms with van der Waals surface area (Å²) in [5, 5.41) is 0. The van der Waals surface area contributed by atoms with Crippen LogP contribution in [0, 0.1) is 11.8 Å². The van der Waals surface area contributed by atoms with E-state index >= 15 is 0 Å². The first-order valence-corrected chi connectivity index (χ1v) is 11.9. The van der Waals surface area contributed by atoms with Crippen LogP contribution in [-0.4, -0.2) is 61.0 Å². The minimum Gasteiger partial charge on any atom is -0.378 e. The Bertz CT molecular complexity index is 698. The van der Waals surface area contributed by atoms with Gasteiger partial charge >= 0.3 is 0 Å². The Kier molecular flexibility index (Phi) is 7.42. The summed E-state index contributed by atoms with van der Waals surface area (Å²) in [5.74, 6) is 1.74. The van der Waals surface area contributed by atoms with Crippen LogP contribution in [0.3, 0.4) is 0 Å². The fraction of sp³-hybridized carbons (Fsp3) is 0.680. The van der Waals surface area contributed by atoms with Crippen molar-refractivity contribution in [3.05, 3.63) is 35.4 Å². The van der Waals surface area contributed by atoms with Crippen molar-refractivity contribution >= 4 is 11.8 Å². The lowest BCUT2D eigenvalue weighted by molar-refractivity contribution is -0.133. The highest BCUT2D eigenvalue weighted by Crippen LogP contribution is 2.28. The van der Waals surface area contributed by atoms with Crippen LogP contribution in [0.1, 0.15) is 67.3 Å². The highest BCUT2D eigenvalue weighted by atomic mass is 16.5. The Labute approximate surface area is 180 Å². The summed E-state index contributed by atoms with van der Waals surface area (Å²) in [7, 11) is 0. The van der Waals surface area contributed by atoms with Crippen LogP contribution in [0.5, 0.6) is 0 Å². The van der Waals surface area contributed by atoms with Gasteiger partial charge in [0.05, 0.1) is 13.2 Å². The number of hydrogen-bond donors (Lipinski definition) is 0. The third kappa shape index (κ3) is 5.63. The van der Waals surface area contributed by atoms with Crippen molar-refractivity contribution < 1.29 is 14.3 Å². The predicted octanol–water partition coefficient (Wildman–Crippen LogP) is 3.91. The van der Waals surface area contributed by atoms with Gasteiger partial charge in [-0.15, -0.1) is 0 Å². The minimum atomic E-state index is 0.106. The summed E-state index contributed by atoms with van der Waals surface area (Å²) < 4.78 is 5.33. The number of likely N-dealkylation sites (tertiary alicyclic amines) is 1. The molecule has 2 heterocycles. The number of benzene rings is 1. The van der Waals surface area contributed by atoms with E-state index in [1.165, 1.54) is 37.7 Å². The summed E-state index contributed by atoms with van der Waals surface area (Å²) >= 11 is 0. The van der Waals surface area contributed by atoms with Gasteiger partial charge in [-0.2, -0.15) is 0 Å². The fourth-order valence-corrected chi connectivity index (χ4v) is 5.22. The number of carbonyl (C=O) groups is 2. The molecule has 0 unspecified atom stereocenters. The number of piperidine rings is 1. The molecule has 0 aromatic heterocycles. The highest BCUT2D eigenvalue weighted by molar-refractivity contribution is 5.94. The molecule has 2 amide bonds. The number of rotatable bonds is 5. The summed E-state index contributed by atoms with van der Waals surface area (Å²) in [6, 6.07) is 8.15. The van der Waals surface area contributed by atoms with Gasteiger partial charge in [-0.25, -0.2) is 0 Å². The van der Waals surface area contributed by atoms with Gasteiger partial charge < -0.3 is 14.5 Å². The summed E-state index contributed by atoms with van der Waals surface area (Å²) in [5.41, 5.74) is 2.06. The van der Waals surface area contributed by atoms with Crippen molar-refractivity contribution in [2.45, 2.75) is 57.8 Å². The molecule has 5 nitrogen and oxygen atoms in total. The summed E-state index contributed by atoms with van der Waals surface area (Å²) in [4.78, 5) is 29.2. The van der Waals surface area contributed by atoms with E-state index in [1.807, 2.05) is 17.0 Å². The second kappa shape index (κ2) is 10.4. The number of ether oxygens (including phenoxy) is 1. The third-order valence-electron chi connectivity index (χ3n) is 7.18. The Morgan fingerprint density at radius 2 is 1.47 bits per heavy atom. The quantitative estimate of drug-likeness (QED) is 0.737. The van der Waals surface area contributed by atoms with Crippen molar-refractivity contribution in [2.24, 2.45) is 11.8 Å². The molecular weight excluding hydrogens is 376 g/mol. The standard InChI is InChI=1S/C25H36N2O3/c28-24(19-20-4-2-1-3-5-20)26-12-10-22(11-13-26)18-21-6-8-23(9-7-21)25(29)27-14-16-30-17-15-27/h6-9,20,22H,1-5,10-19H2. The maximum atomic E-state index is 12.6. The molecule has 0 N–H and O–H groups in total. The van der Waals surface area contributed by atoms with E-state index in [2.05, 4.69) is 17.0 Å². The Morgan fingerprint density at radius 1 is 0.800 bits per heavy atom. The summed E-state index contributed by atoms with van der Waals surface area (Å²) in [6.07, 6.45) is 10.4. The van der Waals surface area contributed by atoms with Crippen LogP contribution in [0.15, 0.2) is 24.3 Å². The van der Waals surface area contributed by atoms with Gasteiger partial charge in [-0.1, -0.05) is 31.4 Å². The maximum absolute atomic E-state index is 12.6. The van der Waals surface area contributed by atoms with E-state index in [0.717, 1.165) is 44.3 Å². The van der Waals surface area contributed by atoms with Crippen LogP contribution in [-0.2, 0) is 16.0 Å².